The molecule has 1 heterocycles. The molecule has 5 rings (SSSR count). The molecule has 0 aliphatic heterocycles. The Morgan fingerprint density at radius 2 is 1.70 bits per heavy atom. The van der Waals surface area contributed by atoms with Crippen molar-refractivity contribution in [3.8, 4) is 0 Å². The lowest BCUT2D eigenvalue weighted by Gasteiger charge is -2.15. The number of carbonyl (C=O) groups excluding carboxylic acids is 3. The van der Waals surface area contributed by atoms with Crippen LogP contribution in [0, 0.1) is 6.92 Å². The third-order valence-electron chi connectivity index (χ3n) is 6.54. The van der Waals surface area contributed by atoms with Crippen LogP contribution in [0.25, 0.3) is 16.3 Å². The van der Waals surface area contributed by atoms with Crippen molar-refractivity contribution in [2.24, 2.45) is 0 Å². The van der Waals surface area contributed by atoms with Crippen molar-refractivity contribution in [1.29, 1.82) is 0 Å². The molecular formula is C34H29ClN4O3S2. The van der Waals surface area contributed by atoms with Crippen molar-refractivity contribution in [2.45, 2.75) is 30.4 Å². The van der Waals surface area contributed by atoms with Gasteiger partial charge in [0, 0.05) is 21.2 Å². The van der Waals surface area contributed by atoms with E-state index < -0.39 is 11.8 Å². The smallest absolute Gasteiger partial charge is 0.272 e. The molecule has 0 bridgehead atoms. The molecule has 0 radical (unpaired) electrons. The third-order valence-corrected chi connectivity index (χ3v) is 9.18. The summed E-state index contributed by atoms with van der Waals surface area (Å²) in [6, 6.07) is 28.9. The number of aromatic nitrogens is 1. The number of thiazole rings is 1. The van der Waals surface area contributed by atoms with Crippen LogP contribution in [0.1, 0.15) is 34.8 Å². The molecule has 1 atom stereocenters. The summed E-state index contributed by atoms with van der Waals surface area (Å²) in [6.45, 7) is 3.97. The highest BCUT2D eigenvalue weighted by atomic mass is 35.5. The van der Waals surface area contributed by atoms with Gasteiger partial charge in [0.25, 0.3) is 11.8 Å². The van der Waals surface area contributed by atoms with E-state index in [-0.39, 0.29) is 16.9 Å². The zero-order valence-electron chi connectivity index (χ0n) is 24.0. The van der Waals surface area contributed by atoms with Gasteiger partial charge in [-0.1, -0.05) is 78.4 Å². The Hall–Kier alpha value is -4.44. The number of halogens is 1. The molecule has 222 valence electrons. The third kappa shape index (κ3) is 7.93. The van der Waals surface area contributed by atoms with Crippen LogP contribution in [0.3, 0.4) is 0 Å². The Bertz CT molecular complexity index is 1860. The number of nitrogens with one attached hydrogen (secondary N) is 3. The minimum absolute atomic E-state index is 0.0295. The highest BCUT2D eigenvalue weighted by Gasteiger charge is 2.21. The maximum Gasteiger partial charge on any atom is 0.272 e. The van der Waals surface area contributed by atoms with Crippen LogP contribution in [-0.2, 0) is 9.59 Å². The minimum atomic E-state index is -0.521. The fraction of sp³-hybridized carbons (Fsp3) is 0.118. The molecule has 3 amide bonds. The SMILES string of the molecule is CCC(Sc1cccc(NC(=O)/C(=C\c2ccccc2Cl)NC(=O)c2ccccc2)c1)C(=O)Nc1nc2ccc(C)cc2s1. The first-order valence-electron chi connectivity index (χ1n) is 13.9. The van der Waals surface area contributed by atoms with Crippen LogP contribution in [-0.4, -0.2) is 28.0 Å². The van der Waals surface area contributed by atoms with Crippen molar-refractivity contribution in [3.63, 3.8) is 0 Å². The van der Waals surface area contributed by atoms with Gasteiger partial charge in [0.15, 0.2) is 5.13 Å². The van der Waals surface area contributed by atoms with Gasteiger partial charge < -0.3 is 16.0 Å². The number of carbonyl (C=O) groups is 3. The molecule has 44 heavy (non-hydrogen) atoms. The lowest BCUT2D eigenvalue weighted by atomic mass is 10.1. The molecule has 0 spiro atoms. The Morgan fingerprint density at radius 1 is 0.932 bits per heavy atom. The molecule has 10 heteroatoms. The summed E-state index contributed by atoms with van der Waals surface area (Å²) in [6.07, 6.45) is 2.13. The summed E-state index contributed by atoms with van der Waals surface area (Å²) in [7, 11) is 0. The number of anilines is 2. The van der Waals surface area contributed by atoms with Crippen LogP contribution in [0.5, 0.6) is 0 Å². The standard InChI is InChI=1S/C34H29ClN4O3S2/c1-3-29(33(42)39-34-38-27-17-16-21(2)18-30(27)44-34)43-25-14-9-13-24(20-25)36-32(41)28(19-23-12-7-8-15-26(23)35)37-31(40)22-10-5-4-6-11-22/h4-20,29H,3H2,1-2H3,(H,36,41)(H,37,40)(H,38,39,42)/b28-19+. The molecule has 1 unspecified atom stereocenters. The van der Waals surface area contributed by atoms with Gasteiger partial charge in [0.05, 0.1) is 15.5 Å². The highest BCUT2D eigenvalue weighted by Crippen LogP contribution is 2.31. The average Bonchev–Trinajstić information content (AvgIpc) is 3.42. The van der Waals surface area contributed by atoms with E-state index in [1.165, 1.54) is 29.2 Å². The summed E-state index contributed by atoms with van der Waals surface area (Å²) in [5, 5.41) is 9.18. The van der Waals surface area contributed by atoms with Crippen LogP contribution in [0.15, 0.2) is 108 Å². The maximum absolute atomic E-state index is 13.5. The average molecular weight is 641 g/mol. The number of benzene rings is 4. The molecule has 0 aliphatic carbocycles. The number of nitrogens with zero attached hydrogens (tertiary/aromatic N) is 1. The molecule has 7 nitrogen and oxygen atoms in total. The fourth-order valence-corrected chi connectivity index (χ4v) is 6.46. The number of aryl methyl sites for hydroxylation is 1. The summed E-state index contributed by atoms with van der Waals surface area (Å²) in [5.41, 5.74) is 3.52. The van der Waals surface area contributed by atoms with E-state index in [0.717, 1.165) is 20.7 Å². The van der Waals surface area contributed by atoms with E-state index in [9.17, 15) is 14.4 Å². The van der Waals surface area contributed by atoms with Gasteiger partial charge in [0.2, 0.25) is 5.91 Å². The van der Waals surface area contributed by atoms with Crippen molar-refractivity contribution >= 4 is 79.5 Å². The topological polar surface area (TPSA) is 100 Å². The number of thioether (sulfide) groups is 1. The van der Waals surface area contributed by atoms with Crippen LogP contribution in [0.2, 0.25) is 5.02 Å². The Labute approximate surface area is 268 Å². The van der Waals surface area contributed by atoms with Gasteiger partial charge in [-0.3, -0.25) is 14.4 Å². The molecule has 5 aromatic rings. The largest absolute Gasteiger partial charge is 0.321 e. The van der Waals surface area contributed by atoms with E-state index in [4.69, 9.17) is 11.6 Å². The molecule has 4 aromatic carbocycles. The Morgan fingerprint density at radius 3 is 2.48 bits per heavy atom. The second-order valence-corrected chi connectivity index (χ2v) is 12.6. The van der Waals surface area contributed by atoms with E-state index in [0.29, 0.717) is 33.4 Å². The van der Waals surface area contributed by atoms with Crippen molar-refractivity contribution < 1.29 is 14.4 Å². The van der Waals surface area contributed by atoms with Gasteiger partial charge >= 0.3 is 0 Å². The molecule has 1 aromatic heterocycles. The lowest BCUT2D eigenvalue weighted by Crippen LogP contribution is -2.30. The van der Waals surface area contributed by atoms with E-state index in [2.05, 4.69) is 27.0 Å². The van der Waals surface area contributed by atoms with Crippen molar-refractivity contribution in [1.82, 2.24) is 10.3 Å². The normalized spacial score (nSPS) is 12.0. The van der Waals surface area contributed by atoms with Crippen LogP contribution >= 0.6 is 34.7 Å². The summed E-state index contributed by atoms with van der Waals surface area (Å²) in [5.74, 6) is -1.09. The quantitative estimate of drug-likeness (QED) is 0.106. The Kier molecular flexibility index (Phi) is 10.1. The Balaban J connectivity index is 1.30. The van der Waals surface area contributed by atoms with Crippen LogP contribution in [0.4, 0.5) is 10.8 Å². The van der Waals surface area contributed by atoms with Gasteiger partial charge in [-0.15, -0.1) is 11.8 Å². The molecule has 0 fully saturated rings. The second kappa shape index (κ2) is 14.4. The van der Waals surface area contributed by atoms with Gasteiger partial charge in [-0.2, -0.15) is 0 Å². The van der Waals surface area contributed by atoms with Gasteiger partial charge in [0.1, 0.15) is 5.70 Å². The van der Waals surface area contributed by atoms with E-state index >= 15 is 0 Å². The zero-order chi connectivity index (χ0) is 31.1. The van der Waals surface area contributed by atoms with Gasteiger partial charge in [-0.25, -0.2) is 4.98 Å². The number of amides is 3. The van der Waals surface area contributed by atoms with E-state index in [1.807, 2.05) is 38.1 Å². The highest BCUT2D eigenvalue weighted by molar-refractivity contribution is 8.00. The first-order valence-corrected chi connectivity index (χ1v) is 15.9. The summed E-state index contributed by atoms with van der Waals surface area (Å²) >= 11 is 9.19. The van der Waals surface area contributed by atoms with E-state index in [1.54, 1.807) is 66.7 Å². The van der Waals surface area contributed by atoms with Crippen molar-refractivity contribution in [2.75, 3.05) is 10.6 Å². The number of hydrogen-bond donors (Lipinski definition) is 3. The number of hydrogen-bond acceptors (Lipinski definition) is 6. The molecule has 0 saturated heterocycles. The summed E-state index contributed by atoms with van der Waals surface area (Å²) < 4.78 is 1.02. The molecule has 0 aliphatic rings. The zero-order valence-corrected chi connectivity index (χ0v) is 26.4. The lowest BCUT2D eigenvalue weighted by molar-refractivity contribution is -0.116. The predicted octanol–water partition coefficient (Wildman–Crippen LogP) is 8.18. The monoisotopic (exact) mass is 640 g/mol. The molecule has 3 N–H and O–H groups in total. The van der Waals surface area contributed by atoms with Crippen molar-refractivity contribution in [3.05, 3.63) is 124 Å². The minimum Gasteiger partial charge on any atom is -0.321 e. The first kappa shape index (κ1) is 31.0. The molecular weight excluding hydrogens is 612 g/mol. The fourth-order valence-electron chi connectivity index (χ4n) is 4.29. The number of fused-ring (bicyclic) bond motifs is 1. The summed E-state index contributed by atoms with van der Waals surface area (Å²) in [4.78, 5) is 44.9. The van der Waals surface area contributed by atoms with Gasteiger partial charge in [-0.05, 0) is 79.1 Å². The number of rotatable bonds is 10. The first-order chi connectivity index (χ1) is 21.3. The van der Waals surface area contributed by atoms with Crippen LogP contribution < -0.4 is 16.0 Å². The predicted molar refractivity (Wildman–Crippen MR) is 181 cm³/mol. The second-order valence-electron chi connectivity index (χ2n) is 9.88. The maximum atomic E-state index is 13.5. The molecule has 0 saturated carbocycles.